The molecule has 4 rings (SSSR count). The summed E-state index contributed by atoms with van der Waals surface area (Å²) in [6.45, 7) is 2.75. The molecular formula is C21H20N6O2. The number of hydrogen-bond donors (Lipinski definition) is 1. The van der Waals surface area contributed by atoms with Gasteiger partial charge in [0.1, 0.15) is 12.7 Å². The minimum absolute atomic E-state index is 0.138. The molecule has 0 aliphatic rings. The lowest BCUT2D eigenvalue weighted by Crippen LogP contribution is -2.23. The van der Waals surface area contributed by atoms with Gasteiger partial charge in [0.2, 0.25) is 5.91 Å². The van der Waals surface area contributed by atoms with E-state index in [1.807, 2.05) is 43.3 Å². The number of anilines is 1. The maximum absolute atomic E-state index is 12.6. The van der Waals surface area contributed by atoms with E-state index in [-0.39, 0.29) is 24.4 Å². The molecule has 1 N–H and O–H groups in total. The van der Waals surface area contributed by atoms with Crippen LogP contribution in [0.15, 0.2) is 66.2 Å². The largest absolute Gasteiger partial charge is 0.326 e. The molecule has 0 spiro atoms. The van der Waals surface area contributed by atoms with Gasteiger partial charge in [0.05, 0.1) is 23.8 Å². The van der Waals surface area contributed by atoms with E-state index >= 15 is 0 Å². The molecule has 0 saturated heterocycles. The Bertz CT molecular complexity index is 1210. The molecule has 8 heteroatoms. The minimum Gasteiger partial charge on any atom is -0.326 e. The molecule has 8 nitrogen and oxygen atoms in total. The summed E-state index contributed by atoms with van der Waals surface area (Å²) in [5.41, 5.74) is 3.21. The monoisotopic (exact) mass is 388 g/mol. The maximum Gasteiger partial charge on any atom is 0.261 e. The van der Waals surface area contributed by atoms with E-state index in [0.29, 0.717) is 23.1 Å². The van der Waals surface area contributed by atoms with E-state index in [1.165, 1.54) is 17.2 Å². The van der Waals surface area contributed by atoms with Crippen molar-refractivity contribution in [3.63, 3.8) is 0 Å². The van der Waals surface area contributed by atoms with Gasteiger partial charge >= 0.3 is 0 Å². The van der Waals surface area contributed by atoms with Crippen molar-refractivity contribution in [2.45, 2.75) is 26.4 Å². The molecule has 4 aromatic rings. The van der Waals surface area contributed by atoms with Crippen molar-refractivity contribution in [2.75, 3.05) is 5.32 Å². The number of amides is 1. The van der Waals surface area contributed by atoms with Gasteiger partial charge in [-0.25, -0.2) is 14.6 Å². The number of benzene rings is 2. The highest BCUT2D eigenvalue weighted by atomic mass is 16.2. The SMILES string of the molecule is Cc1cccc2c(=O)n(CCC(=O)Nc3cccc(Cn4cncn4)c3)cnc12. The lowest BCUT2D eigenvalue weighted by atomic mass is 10.1. The van der Waals surface area contributed by atoms with Crippen LogP contribution in [-0.4, -0.2) is 30.2 Å². The Kier molecular flexibility index (Phi) is 5.15. The van der Waals surface area contributed by atoms with Crippen LogP contribution in [0.3, 0.4) is 0 Å². The quantitative estimate of drug-likeness (QED) is 0.547. The molecule has 2 heterocycles. The van der Waals surface area contributed by atoms with Crippen LogP contribution in [-0.2, 0) is 17.9 Å². The highest BCUT2D eigenvalue weighted by Crippen LogP contribution is 2.13. The number of nitrogens with one attached hydrogen (secondary N) is 1. The first kappa shape index (κ1) is 18.5. The first-order valence-corrected chi connectivity index (χ1v) is 9.26. The number of carbonyl (C=O) groups excluding carboxylic acids is 1. The van der Waals surface area contributed by atoms with E-state index in [9.17, 15) is 9.59 Å². The van der Waals surface area contributed by atoms with Crippen LogP contribution in [0.25, 0.3) is 10.9 Å². The number of carbonyl (C=O) groups is 1. The molecule has 2 aromatic heterocycles. The van der Waals surface area contributed by atoms with Gasteiger partial charge in [-0.3, -0.25) is 14.2 Å². The van der Waals surface area contributed by atoms with Gasteiger partial charge in [-0.05, 0) is 36.2 Å². The molecule has 0 atom stereocenters. The van der Waals surface area contributed by atoms with Gasteiger partial charge in [0, 0.05) is 18.7 Å². The molecule has 1 amide bonds. The molecule has 29 heavy (non-hydrogen) atoms. The number of hydrogen-bond acceptors (Lipinski definition) is 5. The van der Waals surface area contributed by atoms with Crippen molar-refractivity contribution in [1.82, 2.24) is 24.3 Å². The predicted octanol–water partition coefficient (Wildman–Crippen LogP) is 2.37. The topological polar surface area (TPSA) is 94.7 Å². The Hall–Kier alpha value is -3.81. The van der Waals surface area contributed by atoms with Crippen LogP contribution in [0.4, 0.5) is 5.69 Å². The molecule has 0 fully saturated rings. The van der Waals surface area contributed by atoms with Crippen LogP contribution >= 0.6 is 0 Å². The van der Waals surface area contributed by atoms with Gasteiger partial charge in [0.15, 0.2) is 0 Å². The third-order valence-electron chi connectivity index (χ3n) is 4.66. The molecular weight excluding hydrogens is 368 g/mol. The Labute approximate surface area is 166 Å². The fourth-order valence-corrected chi connectivity index (χ4v) is 3.19. The van der Waals surface area contributed by atoms with Crippen LogP contribution in [0.5, 0.6) is 0 Å². The predicted molar refractivity (Wildman–Crippen MR) is 110 cm³/mol. The van der Waals surface area contributed by atoms with E-state index in [2.05, 4.69) is 20.4 Å². The lowest BCUT2D eigenvalue weighted by molar-refractivity contribution is -0.116. The second kappa shape index (κ2) is 8.05. The molecule has 0 radical (unpaired) electrons. The fraction of sp³-hybridized carbons (Fsp3) is 0.190. The summed E-state index contributed by atoms with van der Waals surface area (Å²) in [6.07, 6.45) is 4.80. The number of rotatable bonds is 6. The molecule has 2 aromatic carbocycles. The van der Waals surface area contributed by atoms with Gasteiger partial charge in [-0.2, -0.15) is 5.10 Å². The Morgan fingerprint density at radius 2 is 2.00 bits per heavy atom. The summed E-state index contributed by atoms with van der Waals surface area (Å²) in [5.74, 6) is -0.167. The number of aromatic nitrogens is 5. The maximum atomic E-state index is 12.6. The van der Waals surface area contributed by atoms with Crippen LogP contribution in [0.1, 0.15) is 17.5 Å². The summed E-state index contributed by atoms with van der Waals surface area (Å²) in [5, 5.41) is 7.52. The van der Waals surface area contributed by atoms with E-state index in [0.717, 1.165) is 11.1 Å². The highest BCUT2D eigenvalue weighted by Gasteiger charge is 2.08. The van der Waals surface area contributed by atoms with Gasteiger partial charge in [-0.1, -0.05) is 24.3 Å². The lowest BCUT2D eigenvalue weighted by Gasteiger charge is -2.09. The van der Waals surface area contributed by atoms with Crippen molar-refractivity contribution in [3.05, 3.63) is 82.9 Å². The average molecular weight is 388 g/mol. The second-order valence-corrected chi connectivity index (χ2v) is 6.81. The molecule has 0 bridgehead atoms. The summed E-state index contributed by atoms with van der Waals surface area (Å²) < 4.78 is 3.18. The smallest absolute Gasteiger partial charge is 0.261 e. The molecule has 0 aliphatic heterocycles. The normalized spacial score (nSPS) is 10.9. The minimum atomic E-state index is -0.167. The molecule has 0 saturated carbocycles. The summed E-state index contributed by atoms with van der Waals surface area (Å²) in [6, 6.07) is 13.1. The Morgan fingerprint density at radius 3 is 2.83 bits per heavy atom. The van der Waals surface area contributed by atoms with Crippen LogP contribution < -0.4 is 10.9 Å². The van der Waals surface area contributed by atoms with Crippen molar-refractivity contribution >= 4 is 22.5 Å². The Morgan fingerprint density at radius 1 is 1.14 bits per heavy atom. The van der Waals surface area contributed by atoms with E-state index in [1.54, 1.807) is 17.1 Å². The summed E-state index contributed by atoms with van der Waals surface area (Å²) in [7, 11) is 0. The number of fused-ring (bicyclic) bond motifs is 1. The van der Waals surface area contributed by atoms with Crippen molar-refractivity contribution in [1.29, 1.82) is 0 Å². The van der Waals surface area contributed by atoms with Crippen molar-refractivity contribution in [2.24, 2.45) is 0 Å². The second-order valence-electron chi connectivity index (χ2n) is 6.81. The number of nitrogens with zero attached hydrogens (tertiary/aromatic N) is 5. The zero-order valence-corrected chi connectivity index (χ0v) is 15.9. The van der Waals surface area contributed by atoms with E-state index in [4.69, 9.17) is 0 Å². The third kappa shape index (κ3) is 4.21. The van der Waals surface area contributed by atoms with Crippen LogP contribution in [0, 0.1) is 6.92 Å². The van der Waals surface area contributed by atoms with Gasteiger partial charge in [0.25, 0.3) is 5.56 Å². The number of para-hydroxylation sites is 1. The third-order valence-corrected chi connectivity index (χ3v) is 4.66. The van der Waals surface area contributed by atoms with Crippen molar-refractivity contribution in [3.8, 4) is 0 Å². The van der Waals surface area contributed by atoms with Crippen molar-refractivity contribution < 1.29 is 4.79 Å². The molecule has 0 aliphatic carbocycles. The van der Waals surface area contributed by atoms with Gasteiger partial charge < -0.3 is 5.32 Å². The fourth-order valence-electron chi connectivity index (χ4n) is 3.19. The first-order valence-electron chi connectivity index (χ1n) is 9.26. The highest BCUT2D eigenvalue weighted by molar-refractivity contribution is 5.90. The molecule has 0 unspecified atom stereocenters. The molecule has 146 valence electrons. The van der Waals surface area contributed by atoms with E-state index < -0.39 is 0 Å². The van der Waals surface area contributed by atoms with Crippen LogP contribution in [0.2, 0.25) is 0 Å². The average Bonchev–Trinajstić information content (AvgIpc) is 3.21. The van der Waals surface area contributed by atoms with Gasteiger partial charge in [-0.15, -0.1) is 0 Å². The summed E-state index contributed by atoms with van der Waals surface area (Å²) >= 11 is 0. The summed E-state index contributed by atoms with van der Waals surface area (Å²) in [4.78, 5) is 33.3. The first-order chi connectivity index (χ1) is 14.1. The Balaban J connectivity index is 1.41. The zero-order chi connectivity index (χ0) is 20.2. The standard InChI is InChI=1S/C21H20N6O2/c1-15-4-2-7-18-20(15)23-14-26(21(18)29)9-8-19(28)25-17-6-3-5-16(10-17)11-27-13-22-12-24-27/h2-7,10,12-14H,8-9,11H2,1H3,(H,25,28). The number of aryl methyl sites for hydroxylation is 2. The zero-order valence-electron chi connectivity index (χ0n) is 15.9.